The van der Waals surface area contributed by atoms with Gasteiger partial charge in [0, 0.05) is 24.4 Å². The zero-order chi connectivity index (χ0) is 22.1. The molecule has 3 aromatic rings. The van der Waals surface area contributed by atoms with Gasteiger partial charge in [-0.1, -0.05) is 18.2 Å². The lowest BCUT2D eigenvalue weighted by Crippen LogP contribution is -2.03. The summed E-state index contributed by atoms with van der Waals surface area (Å²) in [6.07, 6.45) is 7.23. The van der Waals surface area contributed by atoms with E-state index in [1.807, 2.05) is 42.5 Å². The average Bonchev–Trinajstić information content (AvgIpc) is 2.82. The molecule has 0 unspecified atom stereocenters. The van der Waals surface area contributed by atoms with Crippen molar-refractivity contribution in [2.24, 2.45) is 0 Å². The summed E-state index contributed by atoms with van der Waals surface area (Å²) < 4.78 is 21.6. The highest BCUT2D eigenvalue weighted by Gasteiger charge is 2.05. The summed E-state index contributed by atoms with van der Waals surface area (Å²) >= 11 is 0. The van der Waals surface area contributed by atoms with E-state index in [-0.39, 0.29) is 0 Å². The van der Waals surface area contributed by atoms with E-state index >= 15 is 0 Å². The predicted octanol–water partition coefficient (Wildman–Crippen LogP) is 4.71. The Morgan fingerprint density at radius 3 is 2.26 bits per heavy atom. The van der Waals surface area contributed by atoms with Crippen LogP contribution in [0.1, 0.15) is 27.2 Å². The summed E-state index contributed by atoms with van der Waals surface area (Å²) in [5.41, 5.74) is 3.46. The maximum absolute atomic E-state index is 11.0. The van der Waals surface area contributed by atoms with Crippen molar-refractivity contribution in [3.63, 3.8) is 0 Å². The van der Waals surface area contributed by atoms with Gasteiger partial charge < -0.3 is 18.9 Å². The predicted molar refractivity (Wildman–Crippen MR) is 120 cm³/mol. The molecule has 31 heavy (non-hydrogen) atoms. The van der Waals surface area contributed by atoms with Crippen LogP contribution in [0.25, 0.3) is 12.2 Å². The lowest BCUT2D eigenvalue weighted by Gasteiger charge is -2.09. The van der Waals surface area contributed by atoms with Gasteiger partial charge >= 0.3 is 0 Å². The third-order valence-electron chi connectivity index (χ3n) is 4.68. The van der Waals surface area contributed by atoms with E-state index in [2.05, 4.69) is 4.98 Å². The van der Waals surface area contributed by atoms with Gasteiger partial charge in [0.2, 0.25) is 0 Å². The van der Waals surface area contributed by atoms with E-state index in [1.54, 1.807) is 38.6 Å². The van der Waals surface area contributed by atoms with E-state index in [1.165, 1.54) is 7.11 Å². The van der Waals surface area contributed by atoms with Gasteiger partial charge in [-0.05, 0) is 47.5 Å². The molecule has 6 heteroatoms. The first-order chi connectivity index (χ1) is 15.2. The smallest absolute Gasteiger partial charge is 0.161 e. The second-order valence-electron chi connectivity index (χ2n) is 6.65. The van der Waals surface area contributed by atoms with Crippen LogP contribution in [0.3, 0.4) is 0 Å². The molecule has 0 amide bonds. The molecule has 160 valence electrons. The number of hydrogen-bond donors (Lipinski definition) is 0. The van der Waals surface area contributed by atoms with Gasteiger partial charge in [-0.2, -0.15) is 0 Å². The van der Waals surface area contributed by atoms with E-state index in [4.69, 9.17) is 18.9 Å². The number of rotatable bonds is 10. The Balaban J connectivity index is 1.61. The Hall–Kier alpha value is -3.80. The molecule has 0 radical (unpaired) electrons. The number of hydrogen-bond acceptors (Lipinski definition) is 6. The lowest BCUT2D eigenvalue weighted by atomic mass is 10.1. The highest BCUT2D eigenvalue weighted by atomic mass is 16.5. The molecular formula is C25H25NO5. The van der Waals surface area contributed by atoms with Crippen LogP contribution in [-0.2, 0) is 6.42 Å². The van der Waals surface area contributed by atoms with Crippen molar-refractivity contribution in [3.05, 3.63) is 77.1 Å². The summed E-state index contributed by atoms with van der Waals surface area (Å²) in [6, 6.07) is 14.9. The van der Waals surface area contributed by atoms with Gasteiger partial charge in [0.1, 0.15) is 11.5 Å². The molecule has 0 aliphatic rings. The molecule has 0 saturated carbocycles. The maximum atomic E-state index is 11.0. The van der Waals surface area contributed by atoms with E-state index in [9.17, 15) is 4.79 Å². The molecule has 0 fully saturated rings. The molecular weight excluding hydrogens is 394 g/mol. The van der Waals surface area contributed by atoms with Gasteiger partial charge in [-0.15, -0.1) is 0 Å². The topological polar surface area (TPSA) is 66.9 Å². The highest BCUT2D eigenvalue weighted by molar-refractivity contribution is 5.79. The van der Waals surface area contributed by atoms with Crippen LogP contribution < -0.4 is 18.9 Å². The first-order valence-corrected chi connectivity index (χ1v) is 9.78. The fraction of sp³-hybridized carbons (Fsp3) is 0.200. The van der Waals surface area contributed by atoms with Gasteiger partial charge in [-0.3, -0.25) is 9.78 Å². The molecule has 0 aliphatic heterocycles. The highest BCUT2D eigenvalue weighted by Crippen LogP contribution is 2.28. The van der Waals surface area contributed by atoms with Crippen molar-refractivity contribution < 1.29 is 23.7 Å². The molecule has 1 heterocycles. The number of pyridine rings is 1. The summed E-state index contributed by atoms with van der Waals surface area (Å²) in [5, 5.41) is 0. The maximum Gasteiger partial charge on any atom is 0.161 e. The molecule has 0 aliphatic carbocycles. The molecule has 0 N–H and O–H groups in total. The molecule has 1 aromatic heterocycles. The number of carbonyl (C=O) groups excluding carboxylic acids is 1. The van der Waals surface area contributed by atoms with Crippen molar-refractivity contribution in [3.8, 4) is 23.0 Å². The number of nitrogens with zero attached hydrogens (tertiary/aromatic N) is 1. The zero-order valence-corrected chi connectivity index (χ0v) is 17.8. The second-order valence-corrected chi connectivity index (χ2v) is 6.65. The summed E-state index contributed by atoms with van der Waals surface area (Å²) in [6.45, 7) is 0.458. The minimum absolute atomic E-state index is 0.458. The lowest BCUT2D eigenvalue weighted by molar-refractivity contribution is 0.112. The summed E-state index contributed by atoms with van der Waals surface area (Å²) in [4.78, 5) is 15.4. The first-order valence-electron chi connectivity index (χ1n) is 9.78. The zero-order valence-electron chi connectivity index (χ0n) is 17.8. The van der Waals surface area contributed by atoms with E-state index in [0.717, 1.165) is 23.1 Å². The number of aromatic nitrogens is 1. The van der Waals surface area contributed by atoms with Crippen LogP contribution in [0.4, 0.5) is 0 Å². The van der Waals surface area contributed by atoms with E-state index in [0.29, 0.717) is 41.6 Å². The number of aldehydes is 1. The Morgan fingerprint density at radius 2 is 1.55 bits per heavy atom. The Kier molecular flexibility index (Phi) is 7.65. The van der Waals surface area contributed by atoms with Gasteiger partial charge in [0.25, 0.3) is 0 Å². The normalized spacial score (nSPS) is 10.7. The summed E-state index contributed by atoms with van der Waals surface area (Å²) in [5.74, 6) is 2.53. The molecule has 3 rings (SSSR count). The molecule has 2 aromatic carbocycles. The largest absolute Gasteiger partial charge is 0.496 e. The van der Waals surface area contributed by atoms with Crippen LogP contribution in [0.5, 0.6) is 23.0 Å². The van der Waals surface area contributed by atoms with Gasteiger partial charge in [0.15, 0.2) is 17.8 Å². The third-order valence-corrected chi connectivity index (χ3v) is 4.68. The van der Waals surface area contributed by atoms with Crippen LogP contribution in [0, 0.1) is 0 Å². The minimum atomic E-state index is 0.458. The number of methoxy groups -OCH3 is 3. The molecule has 6 nitrogen and oxygen atoms in total. The van der Waals surface area contributed by atoms with Crippen LogP contribution in [0.2, 0.25) is 0 Å². The van der Waals surface area contributed by atoms with Gasteiger partial charge in [-0.25, -0.2) is 0 Å². The molecule has 0 spiro atoms. The van der Waals surface area contributed by atoms with Crippen molar-refractivity contribution in [1.29, 1.82) is 0 Å². The SMILES string of the molecule is COc1cc(OCCc2cc(C=Cc3ccc(OC)c(OC)c3)ccn2)ccc1C=O. The summed E-state index contributed by atoms with van der Waals surface area (Å²) in [7, 11) is 4.76. The van der Waals surface area contributed by atoms with E-state index < -0.39 is 0 Å². The number of benzene rings is 2. The Morgan fingerprint density at radius 1 is 0.806 bits per heavy atom. The third kappa shape index (κ3) is 5.85. The standard InChI is InChI=1S/C25H25NO5/c1-28-23-9-6-18(15-25(23)30-3)4-5-19-10-12-26-21(14-19)11-13-31-22-8-7-20(17-27)24(16-22)29-2/h4-10,12,14-17H,11,13H2,1-3H3. The second kappa shape index (κ2) is 10.8. The quantitative estimate of drug-likeness (QED) is 0.443. The molecule has 0 atom stereocenters. The van der Waals surface area contributed by atoms with Gasteiger partial charge in [0.05, 0.1) is 33.5 Å². The van der Waals surface area contributed by atoms with Crippen molar-refractivity contribution in [2.45, 2.75) is 6.42 Å². The monoisotopic (exact) mass is 419 g/mol. The Labute approximate surface area is 182 Å². The van der Waals surface area contributed by atoms with Crippen LogP contribution in [0.15, 0.2) is 54.7 Å². The van der Waals surface area contributed by atoms with Crippen LogP contribution in [-0.4, -0.2) is 39.2 Å². The minimum Gasteiger partial charge on any atom is -0.496 e. The molecule has 0 saturated heterocycles. The van der Waals surface area contributed by atoms with Crippen molar-refractivity contribution in [1.82, 2.24) is 4.98 Å². The number of carbonyl (C=O) groups is 1. The first kappa shape index (κ1) is 21.9. The average molecular weight is 419 g/mol. The Bertz CT molecular complexity index is 1060. The van der Waals surface area contributed by atoms with Crippen molar-refractivity contribution in [2.75, 3.05) is 27.9 Å². The fourth-order valence-electron chi connectivity index (χ4n) is 3.04. The fourth-order valence-corrected chi connectivity index (χ4v) is 3.04. The van der Waals surface area contributed by atoms with Crippen LogP contribution >= 0.6 is 0 Å². The number of ether oxygens (including phenoxy) is 4. The van der Waals surface area contributed by atoms with Crippen molar-refractivity contribution >= 4 is 18.4 Å². The molecule has 0 bridgehead atoms.